The predicted molar refractivity (Wildman–Crippen MR) is 77.3 cm³/mol. The van der Waals surface area contributed by atoms with Gasteiger partial charge in [-0.3, -0.25) is 4.79 Å². The molecule has 20 heavy (non-hydrogen) atoms. The number of amides is 1. The first-order valence-corrected chi connectivity index (χ1v) is 6.93. The molecule has 1 aromatic rings. The molecule has 1 aromatic carbocycles. The minimum absolute atomic E-state index is 0.00245. The van der Waals surface area contributed by atoms with Gasteiger partial charge in [0.15, 0.2) is 0 Å². The Morgan fingerprint density at radius 2 is 1.85 bits per heavy atom. The third-order valence-corrected chi connectivity index (χ3v) is 3.74. The summed E-state index contributed by atoms with van der Waals surface area (Å²) >= 11 is 0. The summed E-state index contributed by atoms with van der Waals surface area (Å²) in [7, 11) is 3.15. The quantitative estimate of drug-likeness (QED) is 0.859. The van der Waals surface area contributed by atoms with Crippen LogP contribution < -0.4 is 15.2 Å². The van der Waals surface area contributed by atoms with Crippen LogP contribution in [0.25, 0.3) is 0 Å². The van der Waals surface area contributed by atoms with Crippen LogP contribution in [-0.2, 0) is 0 Å². The van der Waals surface area contributed by atoms with E-state index in [1.807, 2.05) is 4.90 Å². The van der Waals surface area contributed by atoms with Gasteiger partial charge in [-0.2, -0.15) is 0 Å². The highest BCUT2D eigenvalue weighted by Gasteiger charge is 2.29. The number of ether oxygens (including phenoxy) is 2. The molecule has 0 heterocycles. The molecule has 1 aliphatic rings. The SMILES string of the molecule is COc1cc(OC)cc(C(=O)N(CCN)C2CCC2)c1. The molecule has 0 aromatic heterocycles. The maximum atomic E-state index is 12.7. The number of hydrogen-bond acceptors (Lipinski definition) is 4. The topological polar surface area (TPSA) is 64.8 Å². The lowest BCUT2D eigenvalue weighted by molar-refractivity contribution is 0.0588. The van der Waals surface area contributed by atoms with Crippen LogP contribution in [0.5, 0.6) is 11.5 Å². The maximum Gasteiger partial charge on any atom is 0.254 e. The summed E-state index contributed by atoms with van der Waals surface area (Å²) in [5.41, 5.74) is 6.22. The standard InChI is InChI=1S/C15H22N2O3/c1-19-13-8-11(9-14(10-13)20-2)15(18)17(7-6-16)12-4-3-5-12/h8-10,12H,3-7,16H2,1-2H3. The fraction of sp³-hybridized carbons (Fsp3) is 0.533. The molecule has 0 aliphatic heterocycles. The van der Waals surface area contributed by atoms with Gasteiger partial charge in [0.2, 0.25) is 0 Å². The predicted octanol–water partition coefficient (Wildman–Crippen LogP) is 1.66. The van der Waals surface area contributed by atoms with Crippen LogP contribution in [0.2, 0.25) is 0 Å². The largest absolute Gasteiger partial charge is 0.497 e. The summed E-state index contributed by atoms with van der Waals surface area (Å²) < 4.78 is 10.4. The Bertz CT molecular complexity index is 450. The molecular weight excluding hydrogens is 256 g/mol. The first-order valence-electron chi connectivity index (χ1n) is 6.93. The minimum atomic E-state index is -0.00245. The molecule has 5 heteroatoms. The summed E-state index contributed by atoms with van der Waals surface area (Å²) in [5, 5.41) is 0. The van der Waals surface area contributed by atoms with Crippen LogP contribution in [0.1, 0.15) is 29.6 Å². The summed E-state index contributed by atoms with van der Waals surface area (Å²) in [6.07, 6.45) is 3.31. The monoisotopic (exact) mass is 278 g/mol. The molecule has 0 bridgehead atoms. The fourth-order valence-electron chi connectivity index (χ4n) is 2.38. The molecule has 1 amide bonds. The zero-order valence-electron chi connectivity index (χ0n) is 12.1. The fourth-order valence-corrected chi connectivity index (χ4v) is 2.38. The molecule has 1 saturated carbocycles. The average molecular weight is 278 g/mol. The number of carbonyl (C=O) groups excluding carboxylic acids is 1. The minimum Gasteiger partial charge on any atom is -0.497 e. The van der Waals surface area contributed by atoms with E-state index in [2.05, 4.69) is 0 Å². The zero-order valence-corrected chi connectivity index (χ0v) is 12.1. The van der Waals surface area contributed by atoms with Crippen molar-refractivity contribution in [1.29, 1.82) is 0 Å². The van der Waals surface area contributed by atoms with Gasteiger partial charge in [-0.25, -0.2) is 0 Å². The highest BCUT2D eigenvalue weighted by molar-refractivity contribution is 5.95. The lowest BCUT2D eigenvalue weighted by Gasteiger charge is -2.37. The summed E-state index contributed by atoms with van der Waals surface area (Å²) in [5.74, 6) is 1.24. The first-order chi connectivity index (χ1) is 9.69. The van der Waals surface area contributed by atoms with Gasteiger partial charge in [-0.1, -0.05) is 0 Å². The van der Waals surface area contributed by atoms with Gasteiger partial charge in [-0.15, -0.1) is 0 Å². The number of rotatable bonds is 6. The summed E-state index contributed by atoms with van der Waals surface area (Å²) in [4.78, 5) is 14.5. The van der Waals surface area contributed by atoms with Gasteiger partial charge in [0.1, 0.15) is 11.5 Å². The third-order valence-electron chi connectivity index (χ3n) is 3.74. The smallest absolute Gasteiger partial charge is 0.254 e. The Balaban J connectivity index is 2.25. The van der Waals surface area contributed by atoms with Crippen LogP contribution in [-0.4, -0.2) is 44.2 Å². The Kier molecular flexibility index (Phi) is 4.84. The van der Waals surface area contributed by atoms with E-state index >= 15 is 0 Å². The second-order valence-electron chi connectivity index (χ2n) is 4.97. The number of carbonyl (C=O) groups is 1. The molecule has 1 fully saturated rings. The van der Waals surface area contributed by atoms with Crippen molar-refractivity contribution in [1.82, 2.24) is 4.90 Å². The molecule has 110 valence electrons. The van der Waals surface area contributed by atoms with Crippen molar-refractivity contribution in [2.75, 3.05) is 27.3 Å². The van der Waals surface area contributed by atoms with Crippen molar-refractivity contribution < 1.29 is 14.3 Å². The van der Waals surface area contributed by atoms with E-state index in [0.29, 0.717) is 36.2 Å². The van der Waals surface area contributed by atoms with Crippen molar-refractivity contribution in [3.63, 3.8) is 0 Å². The molecule has 2 rings (SSSR count). The molecule has 0 unspecified atom stereocenters. The molecule has 0 saturated heterocycles. The molecule has 0 radical (unpaired) electrons. The highest BCUT2D eigenvalue weighted by Crippen LogP contribution is 2.28. The second-order valence-corrected chi connectivity index (χ2v) is 4.97. The van der Waals surface area contributed by atoms with Gasteiger partial charge in [0.05, 0.1) is 14.2 Å². The van der Waals surface area contributed by atoms with Crippen molar-refractivity contribution in [3.05, 3.63) is 23.8 Å². The van der Waals surface area contributed by atoms with E-state index < -0.39 is 0 Å². The van der Waals surface area contributed by atoms with Crippen LogP contribution in [0.3, 0.4) is 0 Å². The van der Waals surface area contributed by atoms with Gasteiger partial charge < -0.3 is 20.1 Å². The van der Waals surface area contributed by atoms with Gasteiger partial charge in [-0.05, 0) is 31.4 Å². The normalized spacial score (nSPS) is 14.6. The van der Waals surface area contributed by atoms with Crippen LogP contribution in [0.4, 0.5) is 0 Å². The first kappa shape index (κ1) is 14.7. The number of benzene rings is 1. The van der Waals surface area contributed by atoms with Crippen LogP contribution in [0.15, 0.2) is 18.2 Å². The van der Waals surface area contributed by atoms with E-state index in [9.17, 15) is 4.79 Å². The molecule has 2 N–H and O–H groups in total. The lowest BCUT2D eigenvalue weighted by atomic mass is 9.91. The van der Waals surface area contributed by atoms with E-state index in [1.54, 1.807) is 32.4 Å². The summed E-state index contributed by atoms with van der Waals surface area (Å²) in [6, 6.07) is 5.57. The van der Waals surface area contributed by atoms with E-state index in [4.69, 9.17) is 15.2 Å². The van der Waals surface area contributed by atoms with Crippen molar-refractivity contribution in [2.45, 2.75) is 25.3 Å². The highest BCUT2D eigenvalue weighted by atomic mass is 16.5. The Hall–Kier alpha value is -1.75. The number of hydrogen-bond donors (Lipinski definition) is 1. The van der Waals surface area contributed by atoms with E-state index in [1.165, 1.54) is 6.42 Å². The average Bonchev–Trinajstić information content (AvgIpc) is 2.43. The molecule has 1 aliphatic carbocycles. The number of nitrogens with zero attached hydrogens (tertiary/aromatic N) is 1. The van der Waals surface area contributed by atoms with Gasteiger partial charge >= 0.3 is 0 Å². The number of methoxy groups -OCH3 is 2. The Morgan fingerprint density at radius 3 is 2.25 bits per heavy atom. The van der Waals surface area contributed by atoms with Crippen LogP contribution >= 0.6 is 0 Å². The van der Waals surface area contributed by atoms with Gasteiger partial charge in [0.25, 0.3) is 5.91 Å². The van der Waals surface area contributed by atoms with Crippen molar-refractivity contribution in [3.8, 4) is 11.5 Å². The van der Waals surface area contributed by atoms with Crippen LogP contribution in [0, 0.1) is 0 Å². The van der Waals surface area contributed by atoms with Crippen molar-refractivity contribution >= 4 is 5.91 Å². The second kappa shape index (κ2) is 6.61. The lowest BCUT2D eigenvalue weighted by Crippen LogP contribution is -2.46. The van der Waals surface area contributed by atoms with Gasteiger partial charge in [0, 0.05) is 30.8 Å². The maximum absolute atomic E-state index is 12.7. The third kappa shape index (κ3) is 3.04. The van der Waals surface area contributed by atoms with E-state index in [0.717, 1.165) is 12.8 Å². The summed E-state index contributed by atoms with van der Waals surface area (Å²) in [6.45, 7) is 1.06. The Labute approximate surface area is 119 Å². The van der Waals surface area contributed by atoms with E-state index in [-0.39, 0.29) is 5.91 Å². The number of nitrogens with two attached hydrogens (primary N) is 1. The molecule has 0 atom stereocenters. The molecular formula is C15H22N2O3. The molecule has 0 spiro atoms. The van der Waals surface area contributed by atoms with Crippen molar-refractivity contribution in [2.24, 2.45) is 5.73 Å². The Morgan fingerprint density at radius 1 is 1.25 bits per heavy atom. The zero-order chi connectivity index (χ0) is 14.5. The molecule has 5 nitrogen and oxygen atoms in total.